The molecule has 0 amide bonds. The normalized spacial score (nSPS) is 13.9. The molecule has 0 aliphatic rings. The summed E-state index contributed by atoms with van der Waals surface area (Å²) in [5, 5.41) is 0. The highest BCUT2D eigenvalue weighted by molar-refractivity contribution is 7.51. The Labute approximate surface area is 112 Å². The first-order valence-electron chi connectivity index (χ1n) is 5.97. The lowest BCUT2D eigenvalue weighted by molar-refractivity contribution is 0.161. The van der Waals surface area contributed by atoms with Gasteiger partial charge in [0.15, 0.2) is 0 Å². The molecule has 0 aliphatic carbocycles. The molecule has 0 fully saturated rings. The predicted octanol–water partition coefficient (Wildman–Crippen LogP) is 3.09. The number of rotatable bonds is 6. The number of nitrogens with one attached hydrogen (secondary N) is 1. The van der Waals surface area contributed by atoms with Crippen LogP contribution in [0.3, 0.4) is 0 Å². The van der Waals surface area contributed by atoms with Gasteiger partial charge in [-0.2, -0.15) is 5.48 Å². The minimum atomic E-state index is -3.66. The molecule has 0 saturated carbocycles. The summed E-state index contributed by atoms with van der Waals surface area (Å²) in [6.45, 7) is 0.389. The molecule has 0 aromatic heterocycles. The van der Waals surface area contributed by atoms with Crippen LogP contribution in [0.2, 0.25) is 0 Å². The van der Waals surface area contributed by atoms with Crippen LogP contribution in [0.4, 0.5) is 0 Å². The SMILES string of the molecule is O=P(O)(Cc1ccccc1)ONCc1ccccc1. The first-order chi connectivity index (χ1) is 9.16. The van der Waals surface area contributed by atoms with E-state index in [0.717, 1.165) is 11.1 Å². The molecule has 0 radical (unpaired) electrons. The summed E-state index contributed by atoms with van der Waals surface area (Å²) in [5.41, 5.74) is 4.31. The number of hydroxylamine groups is 1. The van der Waals surface area contributed by atoms with Gasteiger partial charge in [-0.1, -0.05) is 60.7 Å². The van der Waals surface area contributed by atoms with Crippen LogP contribution in [0.15, 0.2) is 60.7 Å². The monoisotopic (exact) mass is 277 g/mol. The predicted molar refractivity (Wildman–Crippen MR) is 74.3 cm³/mol. The van der Waals surface area contributed by atoms with Gasteiger partial charge in [0.25, 0.3) is 0 Å². The van der Waals surface area contributed by atoms with Crippen LogP contribution in [0.1, 0.15) is 11.1 Å². The van der Waals surface area contributed by atoms with E-state index in [1.54, 1.807) is 12.1 Å². The fourth-order valence-electron chi connectivity index (χ4n) is 1.66. The molecule has 0 bridgehead atoms. The van der Waals surface area contributed by atoms with Gasteiger partial charge in [-0.15, -0.1) is 0 Å². The number of hydrogen-bond donors (Lipinski definition) is 2. The van der Waals surface area contributed by atoms with Gasteiger partial charge < -0.3 is 4.89 Å². The summed E-state index contributed by atoms with van der Waals surface area (Å²) in [6.07, 6.45) is -0.00434. The van der Waals surface area contributed by atoms with Crippen molar-refractivity contribution in [1.82, 2.24) is 5.48 Å². The van der Waals surface area contributed by atoms with E-state index >= 15 is 0 Å². The zero-order valence-corrected chi connectivity index (χ0v) is 11.3. The van der Waals surface area contributed by atoms with Crippen molar-refractivity contribution < 1.29 is 14.1 Å². The lowest BCUT2D eigenvalue weighted by Gasteiger charge is -2.12. The largest absolute Gasteiger partial charge is 0.348 e. The zero-order chi connectivity index (χ0) is 13.6. The Morgan fingerprint density at radius 2 is 1.47 bits per heavy atom. The minimum absolute atomic E-state index is 0.00434. The Morgan fingerprint density at radius 1 is 0.947 bits per heavy atom. The highest BCUT2D eigenvalue weighted by Gasteiger charge is 2.20. The number of hydrogen-bond acceptors (Lipinski definition) is 3. The summed E-state index contributed by atoms with van der Waals surface area (Å²) in [5.74, 6) is 0. The van der Waals surface area contributed by atoms with Gasteiger partial charge >= 0.3 is 7.60 Å². The van der Waals surface area contributed by atoms with Crippen LogP contribution < -0.4 is 5.48 Å². The molecule has 0 heterocycles. The zero-order valence-electron chi connectivity index (χ0n) is 10.4. The first kappa shape index (κ1) is 14.0. The second-order valence-electron chi connectivity index (χ2n) is 4.18. The van der Waals surface area contributed by atoms with Crippen molar-refractivity contribution >= 4 is 7.60 Å². The summed E-state index contributed by atoms with van der Waals surface area (Å²) in [4.78, 5) is 9.72. The van der Waals surface area contributed by atoms with Gasteiger partial charge in [-0.25, -0.2) is 4.62 Å². The third-order valence-corrected chi connectivity index (χ3v) is 3.73. The van der Waals surface area contributed by atoms with Gasteiger partial charge in [-0.05, 0) is 11.1 Å². The van der Waals surface area contributed by atoms with Gasteiger partial charge in [-0.3, -0.25) is 4.57 Å². The van der Waals surface area contributed by atoms with Gasteiger partial charge in [0.2, 0.25) is 0 Å². The fourth-order valence-corrected chi connectivity index (χ4v) is 2.66. The maximum atomic E-state index is 11.8. The van der Waals surface area contributed by atoms with Gasteiger partial charge in [0, 0.05) is 6.54 Å². The fraction of sp³-hybridized carbons (Fsp3) is 0.143. The second kappa shape index (κ2) is 6.64. The van der Waals surface area contributed by atoms with Crippen molar-refractivity contribution in [3.05, 3.63) is 71.8 Å². The van der Waals surface area contributed by atoms with Crippen LogP contribution in [-0.2, 0) is 21.9 Å². The van der Waals surface area contributed by atoms with Crippen LogP contribution in [0, 0.1) is 0 Å². The smallest absolute Gasteiger partial charge is 0.323 e. The maximum Gasteiger partial charge on any atom is 0.348 e. The van der Waals surface area contributed by atoms with E-state index in [0.29, 0.717) is 6.54 Å². The van der Waals surface area contributed by atoms with E-state index < -0.39 is 7.60 Å². The van der Waals surface area contributed by atoms with E-state index in [1.165, 1.54) is 0 Å². The molecule has 2 N–H and O–H groups in total. The van der Waals surface area contributed by atoms with Crippen molar-refractivity contribution in [2.75, 3.05) is 0 Å². The minimum Gasteiger partial charge on any atom is -0.323 e. The Kier molecular flexibility index (Phi) is 4.88. The van der Waals surface area contributed by atoms with Crippen LogP contribution in [0.25, 0.3) is 0 Å². The van der Waals surface area contributed by atoms with Crippen LogP contribution in [-0.4, -0.2) is 4.89 Å². The molecule has 2 aromatic rings. The summed E-state index contributed by atoms with van der Waals surface area (Å²) in [6, 6.07) is 18.6. The lowest BCUT2D eigenvalue weighted by atomic mass is 10.2. The van der Waals surface area contributed by atoms with E-state index in [-0.39, 0.29) is 6.16 Å². The molecule has 1 atom stereocenters. The van der Waals surface area contributed by atoms with Crippen molar-refractivity contribution in [3.63, 3.8) is 0 Å². The summed E-state index contributed by atoms with van der Waals surface area (Å²) < 4.78 is 16.7. The molecule has 5 heteroatoms. The van der Waals surface area contributed by atoms with Crippen molar-refractivity contribution in [1.29, 1.82) is 0 Å². The van der Waals surface area contributed by atoms with E-state index in [9.17, 15) is 9.46 Å². The first-order valence-corrected chi connectivity index (χ1v) is 7.73. The Balaban J connectivity index is 1.83. The molecule has 19 heavy (non-hydrogen) atoms. The third kappa shape index (κ3) is 4.97. The quantitative estimate of drug-likeness (QED) is 0.629. The molecular weight excluding hydrogens is 261 g/mol. The highest BCUT2D eigenvalue weighted by atomic mass is 31.2. The van der Waals surface area contributed by atoms with Crippen molar-refractivity contribution in [3.8, 4) is 0 Å². The molecule has 2 rings (SSSR count). The van der Waals surface area contributed by atoms with E-state index in [1.807, 2.05) is 48.5 Å². The molecule has 2 aromatic carbocycles. The highest BCUT2D eigenvalue weighted by Crippen LogP contribution is 2.44. The molecular formula is C14H16NO3P. The van der Waals surface area contributed by atoms with Gasteiger partial charge in [0.1, 0.15) is 0 Å². The molecule has 0 saturated heterocycles. The standard InChI is InChI=1S/C14H16NO3P/c16-19(17,12-14-9-5-2-6-10-14)18-15-11-13-7-3-1-4-8-13/h1-10,15H,11-12H2,(H,16,17). The second-order valence-corrected chi connectivity index (χ2v) is 5.95. The molecule has 0 aliphatic heterocycles. The molecule has 1 unspecified atom stereocenters. The number of benzene rings is 2. The lowest BCUT2D eigenvalue weighted by Crippen LogP contribution is -2.13. The Hall–Kier alpha value is -1.45. The summed E-state index contributed by atoms with van der Waals surface area (Å²) in [7, 11) is -3.66. The van der Waals surface area contributed by atoms with Crippen molar-refractivity contribution in [2.24, 2.45) is 0 Å². The molecule has 4 nitrogen and oxygen atoms in total. The third-order valence-electron chi connectivity index (χ3n) is 2.55. The Morgan fingerprint density at radius 3 is 2.05 bits per heavy atom. The average Bonchev–Trinajstić information content (AvgIpc) is 2.40. The van der Waals surface area contributed by atoms with Crippen LogP contribution in [0.5, 0.6) is 0 Å². The van der Waals surface area contributed by atoms with Gasteiger partial charge in [0.05, 0.1) is 6.16 Å². The maximum absolute atomic E-state index is 11.8. The average molecular weight is 277 g/mol. The Bertz CT molecular complexity index is 545. The van der Waals surface area contributed by atoms with E-state index in [2.05, 4.69) is 5.48 Å². The van der Waals surface area contributed by atoms with Crippen molar-refractivity contribution in [2.45, 2.75) is 12.7 Å². The topological polar surface area (TPSA) is 58.6 Å². The molecule has 0 spiro atoms. The van der Waals surface area contributed by atoms with Crippen LogP contribution >= 0.6 is 7.60 Å². The van der Waals surface area contributed by atoms with E-state index in [4.69, 9.17) is 4.62 Å². The summed E-state index contributed by atoms with van der Waals surface area (Å²) >= 11 is 0. The molecule has 100 valence electrons.